The number of amides is 1. The maximum absolute atomic E-state index is 12.7. The van der Waals surface area contributed by atoms with Crippen molar-refractivity contribution in [1.82, 2.24) is 9.55 Å². The molecule has 0 spiro atoms. The van der Waals surface area contributed by atoms with E-state index in [-0.39, 0.29) is 18.7 Å². The van der Waals surface area contributed by atoms with Gasteiger partial charge in [0, 0.05) is 11.8 Å². The van der Waals surface area contributed by atoms with E-state index in [1.54, 1.807) is 24.3 Å². The van der Waals surface area contributed by atoms with Gasteiger partial charge in [0.15, 0.2) is 0 Å². The topological polar surface area (TPSA) is 127 Å². The first kappa shape index (κ1) is 18.0. The van der Waals surface area contributed by atoms with Gasteiger partial charge in [0.2, 0.25) is 5.91 Å². The highest BCUT2D eigenvalue weighted by Crippen LogP contribution is 2.22. The summed E-state index contributed by atoms with van der Waals surface area (Å²) in [6.07, 6.45) is 1.28. The lowest BCUT2D eigenvalue weighted by molar-refractivity contribution is -0.140. The molecule has 1 aromatic carbocycles. The van der Waals surface area contributed by atoms with E-state index >= 15 is 0 Å². The average molecular weight is 346 g/mol. The van der Waals surface area contributed by atoms with Crippen LogP contribution >= 0.6 is 0 Å². The predicted molar refractivity (Wildman–Crippen MR) is 91.3 cm³/mol. The van der Waals surface area contributed by atoms with Crippen molar-refractivity contribution in [3.63, 3.8) is 0 Å². The molecule has 0 aliphatic carbocycles. The number of ether oxygens (including phenoxy) is 1. The summed E-state index contributed by atoms with van der Waals surface area (Å²) < 4.78 is 5.67. The molecule has 2 rings (SSSR count). The molecule has 1 heterocycles. The number of nitrogen functional groups attached to an aromatic ring is 1. The largest absolute Gasteiger partial charge is 0.468 e. The van der Waals surface area contributed by atoms with E-state index in [0.29, 0.717) is 11.4 Å². The third-order valence-electron chi connectivity index (χ3n) is 3.54. The Hall–Kier alpha value is -3.36. The monoisotopic (exact) mass is 346 g/mol. The standard InChI is InChI=1S/C16H18N4O5/c1-10-7-19(16(24)18-15(10)23)8-13(21)20(9-14(22)25-2)12-6-4-3-5-11(12)17/h3-7H,8-9,17H2,1-2H3,(H,18,23,24). The molecule has 25 heavy (non-hydrogen) atoms. The molecule has 1 aromatic heterocycles. The summed E-state index contributed by atoms with van der Waals surface area (Å²) in [4.78, 5) is 50.9. The van der Waals surface area contributed by atoms with Crippen LogP contribution in [0.4, 0.5) is 11.4 Å². The van der Waals surface area contributed by atoms with Gasteiger partial charge in [0.05, 0.1) is 18.5 Å². The van der Waals surface area contributed by atoms with E-state index in [1.807, 2.05) is 0 Å². The van der Waals surface area contributed by atoms with Crippen molar-refractivity contribution in [3.05, 3.63) is 56.9 Å². The first-order chi connectivity index (χ1) is 11.8. The van der Waals surface area contributed by atoms with Crippen LogP contribution in [0.1, 0.15) is 5.56 Å². The predicted octanol–water partition coefficient (Wildman–Crippen LogP) is -0.367. The second kappa shape index (κ2) is 7.47. The van der Waals surface area contributed by atoms with Gasteiger partial charge in [-0.15, -0.1) is 0 Å². The van der Waals surface area contributed by atoms with Gasteiger partial charge in [-0.3, -0.25) is 28.8 Å². The number of anilines is 2. The molecule has 0 fully saturated rings. The quantitative estimate of drug-likeness (QED) is 0.562. The van der Waals surface area contributed by atoms with Gasteiger partial charge < -0.3 is 10.5 Å². The van der Waals surface area contributed by atoms with Crippen LogP contribution in [0, 0.1) is 6.92 Å². The zero-order valence-electron chi connectivity index (χ0n) is 13.8. The summed E-state index contributed by atoms with van der Waals surface area (Å²) in [5.74, 6) is -1.20. The molecule has 0 aliphatic rings. The van der Waals surface area contributed by atoms with Crippen LogP contribution in [0.2, 0.25) is 0 Å². The fraction of sp³-hybridized carbons (Fsp3) is 0.250. The Morgan fingerprint density at radius 3 is 2.60 bits per heavy atom. The molecule has 3 N–H and O–H groups in total. The molecule has 9 heteroatoms. The first-order valence-electron chi connectivity index (χ1n) is 7.35. The third kappa shape index (κ3) is 4.14. The van der Waals surface area contributed by atoms with E-state index in [9.17, 15) is 19.2 Å². The van der Waals surface area contributed by atoms with Crippen LogP contribution in [0.25, 0.3) is 0 Å². The first-order valence-corrected chi connectivity index (χ1v) is 7.35. The van der Waals surface area contributed by atoms with Crippen molar-refractivity contribution in [2.45, 2.75) is 13.5 Å². The average Bonchev–Trinajstić information content (AvgIpc) is 2.58. The molecule has 0 radical (unpaired) electrons. The lowest BCUT2D eigenvalue weighted by atomic mass is 10.2. The van der Waals surface area contributed by atoms with Crippen molar-refractivity contribution in [2.75, 3.05) is 24.3 Å². The van der Waals surface area contributed by atoms with Crippen molar-refractivity contribution in [1.29, 1.82) is 0 Å². The Balaban J connectivity index is 2.38. The molecular formula is C16H18N4O5. The number of H-pyrrole nitrogens is 1. The van der Waals surface area contributed by atoms with Gasteiger partial charge in [-0.1, -0.05) is 12.1 Å². The summed E-state index contributed by atoms with van der Waals surface area (Å²) in [5, 5.41) is 0. The van der Waals surface area contributed by atoms with Gasteiger partial charge in [-0.25, -0.2) is 4.79 Å². The van der Waals surface area contributed by atoms with E-state index in [0.717, 1.165) is 9.47 Å². The summed E-state index contributed by atoms with van der Waals surface area (Å²) in [5.41, 5.74) is 5.55. The number of nitrogens with zero attached hydrogens (tertiary/aromatic N) is 2. The zero-order chi connectivity index (χ0) is 18.6. The Bertz CT molecular complexity index is 915. The molecule has 0 saturated heterocycles. The number of nitrogens with one attached hydrogen (secondary N) is 1. The molecule has 2 aromatic rings. The molecule has 0 unspecified atom stereocenters. The number of aromatic nitrogens is 2. The lowest BCUT2D eigenvalue weighted by Gasteiger charge is -2.23. The van der Waals surface area contributed by atoms with Gasteiger partial charge in [0.25, 0.3) is 5.56 Å². The number of benzene rings is 1. The van der Waals surface area contributed by atoms with Crippen molar-refractivity contribution >= 4 is 23.3 Å². The number of methoxy groups -OCH3 is 1. The van der Waals surface area contributed by atoms with Crippen LogP contribution in [-0.4, -0.2) is 35.1 Å². The molecule has 9 nitrogen and oxygen atoms in total. The number of hydrogen-bond donors (Lipinski definition) is 2. The van der Waals surface area contributed by atoms with Crippen molar-refractivity contribution in [3.8, 4) is 0 Å². The molecular weight excluding hydrogens is 328 g/mol. The third-order valence-corrected chi connectivity index (χ3v) is 3.54. The SMILES string of the molecule is COC(=O)CN(C(=O)Cn1cc(C)c(=O)[nH]c1=O)c1ccccc1N. The zero-order valence-corrected chi connectivity index (χ0v) is 13.8. The number of nitrogens with two attached hydrogens (primary N) is 1. The smallest absolute Gasteiger partial charge is 0.328 e. The second-order valence-electron chi connectivity index (χ2n) is 5.31. The lowest BCUT2D eigenvalue weighted by Crippen LogP contribution is -2.41. The van der Waals surface area contributed by atoms with Crippen LogP contribution in [0.3, 0.4) is 0 Å². The van der Waals surface area contributed by atoms with Gasteiger partial charge in [-0.05, 0) is 19.1 Å². The number of esters is 1. The molecule has 0 bridgehead atoms. The Labute approximate surface area is 142 Å². The highest BCUT2D eigenvalue weighted by Gasteiger charge is 2.22. The van der Waals surface area contributed by atoms with Gasteiger partial charge in [-0.2, -0.15) is 0 Å². The summed E-state index contributed by atoms with van der Waals surface area (Å²) >= 11 is 0. The maximum Gasteiger partial charge on any atom is 0.328 e. The number of hydrogen-bond acceptors (Lipinski definition) is 6. The van der Waals surface area contributed by atoms with Crippen molar-refractivity contribution < 1.29 is 14.3 Å². The number of rotatable bonds is 5. The van der Waals surface area contributed by atoms with Gasteiger partial charge in [0.1, 0.15) is 13.1 Å². The minimum atomic E-state index is -0.719. The van der Waals surface area contributed by atoms with E-state index in [4.69, 9.17) is 5.73 Å². The number of aromatic amines is 1. The van der Waals surface area contributed by atoms with Crippen LogP contribution < -0.4 is 21.9 Å². The fourth-order valence-corrected chi connectivity index (χ4v) is 2.20. The Morgan fingerprint density at radius 2 is 1.96 bits per heavy atom. The number of carbonyl (C=O) groups excluding carboxylic acids is 2. The molecule has 0 aliphatic heterocycles. The summed E-state index contributed by atoms with van der Waals surface area (Å²) in [6, 6.07) is 6.52. The fourth-order valence-electron chi connectivity index (χ4n) is 2.20. The van der Waals surface area contributed by atoms with Crippen molar-refractivity contribution in [2.24, 2.45) is 0 Å². The van der Waals surface area contributed by atoms with Crippen LogP contribution in [0.5, 0.6) is 0 Å². The van der Waals surface area contributed by atoms with E-state index in [1.165, 1.54) is 20.2 Å². The van der Waals surface area contributed by atoms with Crippen LogP contribution in [-0.2, 0) is 20.9 Å². The minimum Gasteiger partial charge on any atom is -0.468 e. The van der Waals surface area contributed by atoms with Crippen LogP contribution in [0.15, 0.2) is 40.1 Å². The molecule has 132 valence electrons. The van der Waals surface area contributed by atoms with E-state index in [2.05, 4.69) is 9.72 Å². The highest BCUT2D eigenvalue weighted by molar-refractivity contribution is 6.00. The van der Waals surface area contributed by atoms with Gasteiger partial charge >= 0.3 is 11.7 Å². The second-order valence-corrected chi connectivity index (χ2v) is 5.31. The minimum absolute atomic E-state index is 0.283. The Morgan fingerprint density at radius 1 is 1.28 bits per heavy atom. The molecule has 0 atom stereocenters. The number of carbonyl (C=O) groups is 2. The Kier molecular flexibility index (Phi) is 5.38. The van der Waals surface area contributed by atoms with E-state index < -0.39 is 23.1 Å². The molecule has 0 saturated carbocycles. The summed E-state index contributed by atoms with van der Waals surface area (Å²) in [6.45, 7) is 0.781. The number of aryl methyl sites for hydroxylation is 1. The number of para-hydroxylation sites is 2. The highest BCUT2D eigenvalue weighted by atomic mass is 16.5. The maximum atomic E-state index is 12.7. The normalized spacial score (nSPS) is 10.3. The molecule has 1 amide bonds. The summed E-state index contributed by atoms with van der Waals surface area (Å²) in [7, 11) is 1.20.